The number of primary amides is 1. The monoisotopic (exact) mass is 416 g/mol. The van der Waals surface area contributed by atoms with Crippen molar-refractivity contribution >= 4 is 17.9 Å². The molecule has 2 aliphatic rings. The summed E-state index contributed by atoms with van der Waals surface area (Å²) in [6.07, 6.45) is 1.30. The molecule has 2 aliphatic heterocycles. The van der Waals surface area contributed by atoms with Crippen LogP contribution in [-0.2, 0) is 14.3 Å². The van der Waals surface area contributed by atoms with Crippen LogP contribution < -0.4 is 21.1 Å². The van der Waals surface area contributed by atoms with Gasteiger partial charge in [-0.3, -0.25) is 9.69 Å². The molecule has 30 heavy (non-hydrogen) atoms. The van der Waals surface area contributed by atoms with E-state index >= 15 is 0 Å². The van der Waals surface area contributed by atoms with Crippen molar-refractivity contribution in [3.8, 4) is 5.75 Å². The lowest BCUT2D eigenvalue weighted by Crippen LogP contribution is -2.49. The molecular formula is C21H28N4O5. The summed E-state index contributed by atoms with van der Waals surface area (Å²) in [5.74, 6) is -0.355. The molecule has 162 valence electrons. The number of nitrogens with zero attached hydrogens (tertiary/aromatic N) is 1. The van der Waals surface area contributed by atoms with Crippen molar-refractivity contribution in [2.45, 2.75) is 25.8 Å². The summed E-state index contributed by atoms with van der Waals surface area (Å²) in [6, 6.07) is 6.18. The number of hydrogen-bond acceptors (Lipinski definition) is 6. The van der Waals surface area contributed by atoms with Crippen LogP contribution in [0.4, 0.5) is 4.79 Å². The summed E-state index contributed by atoms with van der Waals surface area (Å²) >= 11 is 0. The predicted octanol–water partition coefficient (Wildman–Crippen LogP) is 1.06. The second-order valence-corrected chi connectivity index (χ2v) is 7.34. The first-order valence-corrected chi connectivity index (χ1v) is 10.1. The lowest BCUT2D eigenvalue weighted by atomic mass is 9.93. The number of nitrogens with one attached hydrogen (secondary N) is 2. The van der Waals surface area contributed by atoms with Gasteiger partial charge in [0.2, 0.25) is 5.91 Å². The number of ether oxygens (including phenoxy) is 2. The number of nitrogens with two attached hydrogens (primary N) is 1. The highest BCUT2D eigenvalue weighted by Crippen LogP contribution is 2.34. The summed E-state index contributed by atoms with van der Waals surface area (Å²) in [6.45, 7) is 3.98. The Kier molecular flexibility index (Phi) is 6.94. The van der Waals surface area contributed by atoms with Gasteiger partial charge < -0.3 is 25.8 Å². The molecule has 1 atom stereocenters. The first-order chi connectivity index (χ1) is 14.4. The molecule has 0 unspecified atom stereocenters. The zero-order valence-electron chi connectivity index (χ0n) is 17.3. The average molecular weight is 416 g/mol. The van der Waals surface area contributed by atoms with E-state index in [-0.39, 0.29) is 11.8 Å². The van der Waals surface area contributed by atoms with Gasteiger partial charge in [-0.1, -0.05) is 18.2 Å². The van der Waals surface area contributed by atoms with E-state index in [1.807, 2.05) is 25.1 Å². The van der Waals surface area contributed by atoms with E-state index in [4.69, 9.17) is 15.2 Å². The fraction of sp³-hybridized carbons (Fsp3) is 0.476. The maximum absolute atomic E-state index is 12.7. The number of likely N-dealkylation sites (tertiary alicyclic amines) is 1. The maximum Gasteiger partial charge on any atom is 0.338 e. The first kappa shape index (κ1) is 21.6. The minimum Gasteiger partial charge on any atom is -0.494 e. The SMILES string of the molecule is CCOc1ccccc1[C@H]1NC(=O)NC(CN2CCC(C(N)=O)CC2)=C1C(=O)OC. The normalized spacial score (nSPS) is 20.3. The Bertz CT molecular complexity index is 846. The van der Waals surface area contributed by atoms with Crippen LogP contribution in [-0.4, -0.2) is 56.2 Å². The minimum absolute atomic E-state index is 0.135. The predicted molar refractivity (Wildman–Crippen MR) is 109 cm³/mol. The van der Waals surface area contributed by atoms with Gasteiger partial charge in [0, 0.05) is 23.7 Å². The number of hydrogen-bond donors (Lipinski definition) is 3. The van der Waals surface area contributed by atoms with Crippen LogP contribution in [0.1, 0.15) is 31.4 Å². The molecule has 3 amide bonds. The third-order valence-corrected chi connectivity index (χ3v) is 5.46. The van der Waals surface area contributed by atoms with E-state index < -0.39 is 18.0 Å². The highest BCUT2D eigenvalue weighted by Gasteiger charge is 2.36. The van der Waals surface area contributed by atoms with Crippen LogP contribution in [0.5, 0.6) is 5.75 Å². The van der Waals surface area contributed by atoms with Crippen LogP contribution in [0, 0.1) is 5.92 Å². The summed E-state index contributed by atoms with van der Waals surface area (Å²) in [7, 11) is 1.31. The van der Waals surface area contributed by atoms with Gasteiger partial charge in [0.15, 0.2) is 0 Å². The topological polar surface area (TPSA) is 123 Å². The fourth-order valence-electron chi connectivity index (χ4n) is 3.93. The maximum atomic E-state index is 12.7. The second-order valence-electron chi connectivity index (χ2n) is 7.34. The Hall–Kier alpha value is -3.07. The minimum atomic E-state index is -0.702. The number of esters is 1. The lowest BCUT2D eigenvalue weighted by molar-refractivity contribution is -0.136. The Balaban J connectivity index is 1.93. The molecule has 0 aromatic heterocycles. The van der Waals surface area contributed by atoms with Crippen molar-refractivity contribution < 1.29 is 23.9 Å². The molecule has 3 rings (SSSR count). The molecule has 1 fully saturated rings. The summed E-state index contributed by atoms with van der Waals surface area (Å²) in [4.78, 5) is 38.7. The van der Waals surface area contributed by atoms with Gasteiger partial charge in [-0.25, -0.2) is 9.59 Å². The molecule has 0 radical (unpaired) electrons. The van der Waals surface area contributed by atoms with Crippen molar-refractivity contribution in [1.29, 1.82) is 0 Å². The summed E-state index contributed by atoms with van der Waals surface area (Å²) in [5.41, 5.74) is 6.91. The molecule has 4 N–H and O–H groups in total. The Morgan fingerprint density at radius 2 is 1.93 bits per heavy atom. The second kappa shape index (κ2) is 9.62. The van der Waals surface area contributed by atoms with Gasteiger partial charge in [0.1, 0.15) is 5.75 Å². The van der Waals surface area contributed by atoms with Crippen LogP contribution in [0.3, 0.4) is 0 Å². The number of urea groups is 1. The molecule has 1 saturated heterocycles. The number of piperidine rings is 1. The molecule has 9 nitrogen and oxygen atoms in total. The van der Waals surface area contributed by atoms with Crippen molar-refractivity contribution in [3.63, 3.8) is 0 Å². The van der Waals surface area contributed by atoms with Gasteiger partial charge >= 0.3 is 12.0 Å². The zero-order chi connectivity index (χ0) is 21.7. The van der Waals surface area contributed by atoms with E-state index in [1.54, 1.807) is 6.07 Å². The molecule has 0 aliphatic carbocycles. The third kappa shape index (κ3) is 4.73. The Morgan fingerprint density at radius 3 is 2.57 bits per heavy atom. The van der Waals surface area contributed by atoms with Crippen molar-refractivity contribution in [3.05, 3.63) is 41.1 Å². The number of methoxy groups -OCH3 is 1. The zero-order valence-corrected chi connectivity index (χ0v) is 17.3. The fourth-order valence-corrected chi connectivity index (χ4v) is 3.93. The first-order valence-electron chi connectivity index (χ1n) is 10.1. The van der Waals surface area contributed by atoms with Crippen molar-refractivity contribution in [2.75, 3.05) is 33.4 Å². The smallest absolute Gasteiger partial charge is 0.338 e. The molecule has 9 heteroatoms. The quantitative estimate of drug-likeness (QED) is 0.571. The van der Waals surface area contributed by atoms with Crippen LogP contribution in [0.2, 0.25) is 0 Å². The van der Waals surface area contributed by atoms with Gasteiger partial charge in [-0.2, -0.15) is 0 Å². The van der Waals surface area contributed by atoms with E-state index in [0.717, 1.165) is 0 Å². The lowest BCUT2D eigenvalue weighted by Gasteiger charge is -2.35. The molecule has 1 aromatic rings. The largest absolute Gasteiger partial charge is 0.494 e. The molecular weight excluding hydrogens is 388 g/mol. The van der Waals surface area contributed by atoms with E-state index in [9.17, 15) is 14.4 Å². The average Bonchev–Trinajstić information content (AvgIpc) is 2.74. The molecule has 0 saturated carbocycles. The summed E-state index contributed by atoms with van der Waals surface area (Å²) < 4.78 is 10.7. The highest BCUT2D eigenvalue weighted by atomic mass is 16.5. The number of amides is 3. The van der Waals surface area contributed by atoms with E-state index in [1.165, 1.54) is 7.11 Å². The Labute approximate surface area is 175 Å². The van der Waals surface area contributed by atoms with Gasteiger partial charge in [0.05, 0.1) is 25.3 Å². The van der Waals surface area contributed by atoms with E-state index in [0.29, 0.717) is 61.7 Å². The van der Waals surface area contributed by atoms with Crippen LogP contribution in [0.15, 0.2) is 35.5 Å². The number of benzene rings is 1. The van der Waals surface area contributed by atoms with E-state index in [2.05, 4.69) is 15.5 Å². The van der Waals surface area contributed by atoms with Gasteiger partial charge in [0.25, 0.3) is 0 Å². The molecule has 0 spiro atoms. The van der Waals surface area contributed by atoms with Crippen molar-refractivity contribution in [2.24, 2.45) is 11.7 Å². The number of carbonyl (C=O) groups is 3. The van der Waals surface area contributed by atoms with Crippen LogP contribution >= 0.6 is 0 Å². The Morgan fingerprint density at radius 1 is 1.23 bits per heavy atom. The number of para-hydroxylation sites is 1. The summed E-state index contributed by atoms with van der Waals surface area (Å²) in [5, 5.41) is 5.59. The molecule has 0 bridgehead atoms. The van der Waals surface area contributed by atoms with Crippen LogP contribution in [0.25, 0.3) is 0 Å². The molecule has 2 heterocycles. The standard InChI is InChI=1S/C21H28N4O5/c1-3-30-16-7-5-4-6-14(16)18-17(20(27)29-2)15(23-21(28)24-18)12-25-10-8-13(9-11-25)19(22)26/h4-7,13,18H,3,8-12H2,1-2H3,(H2,22,26)(H2,23,24,28)/t18-/m1/s1. The molecule has 1 aromatic carbocycles. The number of rotatable bonds is 7. The van der Waals surface area contributed by atoms with Crippen molar-refractivity contribution in [1.82, 2.24) is 15.5 Å². The third-order valence-electron chi connectivity index (χ3n) is 5.46. The van der Waals surface area contributed by atoms with Gasteiger partial charge in [-0.15, -0.1) is 0 Å². The highest BCUT2D eigenvalue weighted by molar-refractivity contribution is 5.95. The van der Waals surface area contributed by atoms with Gasteiger partial charge in [-0.05, 0) is 38.9 Å². The number of carbonyl (C=O) groups excluding carboxylic acids is 3.